The fourth-order valence-corrected chi connectivity index (χ4v) is 3.10. The molecule has 1 aromatic carbocycles. The van der Waals surface area contributed by atoms with Crippen molar-refractivity contribution in [2.24, 2.45) is 0 Å². The van der Waals surface area contributed by atoms with Crippen LogP contribution in [-0.2, 0) is 6.42 Å². The van der Waals surface area contributed by atoms with Crippen LogP contribution in [0.3, 0.4) is 0 Å². The van der Waals surface area contributed by atoms with E-state index >= 15 is 0 Å². The first-order valence-corrected chi connectivity index (χ1v) is 8.43. The van der Waals surface area contributed by atoms with Gasteiger partial charge in [0.2, 0.25) is 5.95 Å². The summed E-state index contributed by atoms with van der Waals surface area (Å²) < 4.78 is 13.0. The van der Waals surface area contributed by atoms with Crippen molar-refractivity contribution in [2.45, 2.75) is 19.8 Å². The molecule has 24 heavy (non-hydrogen) atoms. The van der Waals surface area contributed by atoms with Crippen LogP contribution in [0, 0.1) is 12.7 Å². The monoisotopic (exact) mass is 329 g/mol. The normalized spacial score (nSPS) is 16.2. The number of hydrogen-bond acceptors (Lipinski definition) is 5. The van der Waals surface area contributed by atoms with Gasteiger partial charge < -0.3 is 15.5 Å². The molecule has 0 atom stereocenters. The second-order valence-electron chi connectivity index (χ2n) is 6.28. The molecule has 0 spiro atoms. The molecule has 0 saturated carbocycles. The summed E-state index contributed by atoms with van der Waals surface area (Å²) >= 11 is 0. The van der Waals surface area contributed by atoms with E-state index in [1.54, 1.807) is 0 Å². The highest BCUT2D eigenvalue weighted by molar-refractivity contribution is 5.43. The predicted octanol–water partition coefficient (Wildman–Crippen LogP) is 2.26. The first kappa shape index (κ1) is 16.6. The van der Waals surface area contributed by atoms with E-state index < -0.39 is 0 Å². The predicted molar refractivity (Wildman–Crippen MR) is 94.6 cm³/mol. The van der Waals surface area contributed by atoms with Gasteiger partial charge in [-0.05, 0) is 44.0 Å². The lowest BCUT2D eigenvalue weighted by atomic mass is 10.1. The number of aromatic nitrogens is 2. The molecule has 1 aromatic heterocycles. The molecule has 1 aliphatic heterocycles. The van der Waals surface area contributed by atoms with Gasteiger partial charge in [-0.15, -0.1) is 0 Å². The van der Waals surface area contributed by atoms with Gasteiger partial charge in [0.05, 0.1) is 0 Å². The molecular weight excluding hydrogens is 305 g/mol. The number of nitrogen functional groups attached to an aromatic ring is 1. The largest absolute Gasteiger partial charge is 0.368 e. The Balaban J connectivity index is 1.55. The Hall–Kier alpha value is -2.21. The van der Waals surface area contributed by atoms with Crippen LogP contribution >= 0.6 is 0 Å². The highest BCUT2D eigenvalue weighted by atomic mass is 19.1. The number of anilines is 2. The minimum Gasteiger partial charge on any atom is -0.368 e. The lowest BCUT2D eigenvalue weighted by Gasteiger charge is -2.23. The highest BCUT2D eigenvalue weighted by Crippen LogP contribution is 2.16. The molecule has 0 amide bonds. The molecule has 2 heterocycles. The van der Waals surface area contributed by atoms with Gasteiger partial charge in [0, 0.05) is 37.9 Å². The van der Waals surface area contributed by atoms with E-state index in [-0.39, 0.29) is 5.82 Å². The van der Waals surface area contributed by atoms with Crippen LogP contribution in [0.5, 0.6) is 0 Å². The van der Waals surface area contributed by atoms with Crippen molar-refractivity contribution >= 4 is 11.8 Å². The molecule has 128 valence electrons. The Labute approximate surface area is 142 Å². The zero-order chi connectivity index (χ0) is 16.9. The van der Waals surface area contributed by atoms with E-state index in [0.717, 1.165) is 57.1 Å². The minimum atomic E-state index is -0.177. The molecule has 6 heteroatoms. The van der Waals surface area contributed by atoms with Crippen molar-refractivity contribution in [2.75, 3.05) is 43.4 Å². The van der Waals surface area contributed by atoms with Crippen LogP contribution in [-0.4, -0.2) is 47.6 Å². The third-order valence-electron chi connectivity index (χ3n) is 4.40. The quantitative estimate of drug-likeness (QED) is 0.932. The summed E-state index contributed by atoms with van der Waals surface area (Å²) in [6, 6.07) is 8.78. The number of rotatable bonds is 4. The molecule has 0 bridgehead atoms. The van der Waals surface area contributed by atoms with Crippen LogP contribution in [0.25, 0.3) is 0 Å². The van der Waals surface area contributed by atoms with Gasteiger partial charge in [-0.25, -0.2) is 9.37 Å². The number of hydrogen-bond donors (Lipinski definition) is 1. The fourth-order valence-electron chi connectivity index (χ4n) is 3.10. The van der Waals surface area contributed by atoms with Crippen molar-refractivity contribution in [3.8, 4) is 0 Å². The molecule has 3 rings (SSSR count). The Morgan fingerprint density at radius 3 is 2.62 bits per heavy atom. The Kier molecular flexibility index (Phi) is 5.25. The van der Waals surface area contributed by atoms with Crippen LogP contribution in [0.4, 0.5) is 16.2 Å². The summed E-state index contributed by atoms with van der Waals surface area (Å²) in [6.45, 7) is 6.89. The van der Waals surface area contributed by atoms with Gasteiger partial charge >= 0.3 is 0 Å². The molecule has 2 aromatic rings. The lowest BCUT2D eigenvalue weighted by molar-refractivity contribution is 0.297. The lowest BCUT2D eigenvalue weighted by Crippen LogP contribution is -2.32. The average molecular weight is 329 g/mol. The zero-order valence-corrected chi connectivity index (χ0v) is 14.1. The topological polar surface area (TPSA) is 58.3 Å². The van der Waals surface area contributed by atoms with Gasteiger partial charge in [-0.3, -0.25) is 0 Å². The molecule has 0 unspecified atom stereocenters. The Morgan fingerprint density at radius 2 is 1.88 bits per heavy atom. The fraction of sp³-hybridized carbons (Fsp3) is 0.444. The highest BCUT2D eigenvalue weighted by Gasteiger charge is 2.16. The maximum Gasteiger partial charge on any atom is 0.222 e. The second-order valence-corrected chi connectivity index (χ2v) is 6.28. The first-order valence-electron chi connectivity index (χ1n) is 8.43. The van der Waals surface area contributed by atoms with Crippen LogP contribution in [0.2, 0.25) is 0 Å². The molecule has 0 radical (unpaired) electrons. The van der Waals surface area contributed by atoms with E-state index in [4.69, 9.17) is 5.73 Å². The van der Waals surface area contributed by atoms with E-state index in [1.165, 1.54) is 17.7 Å². The summed E-state index contributed by atoms with van der Waals surface area (Å²) in [5.41, 5.74) is 7.84. The molecular formula is C18H24FN5. The van der Waals surface area contributed by atoms with Gasteiger partial charge in [-0.2, -0.15) is 4.98 Å². The van der Waals surface area contributed by atoms with E-state index in [1.807, 2.05) is 25.1 Å². The number of benzene rings is 1. The van der Waals surface area contributed by atoms with Gasteiger partial charge in [0.25, 0.3) is 0 Å². The minimum absolute atomic E-state index is 0.177. The number of aryl methyl sites for hydroxylation is 1. The molecule has 1 saturated heterocycles. The summed E-state index contributed by atoms with van der Waals surface area (Å²) in [5, 5.41) is 0. The SMILES string of the molecule is Cc1cc(N2CCCN(CCc3ccc(F)cc3)CC2)nc(N)n1. The van der Waals surface area contributed by atoms with E-state index in [9.17, 15) is 4.39 Å². The van der Waals surface area contributed by atoms with Crippen LogP contribution in [0.15, 0.2) is 30.3 Å². The standard InChI is InChI=1S/C18H24FN5/c1-14-13-17(22-18(20)21-14)24-9-2-8-23(11-12-24)10-7-15-3-5-16(19)6-4-15/h3-6,13H,2,7-12H2,1H3,(H2,20,21,22). The second kappa shape index (κ2) is 7.57. The van der Waals surface area contributed by atoms with Crippen molar-refractivity contribution in [1.29, 1.82) is 0 Å². The number of nitrogens with two attached hydrogens (primary N) is 1. The summed E-state index contributed by atoms with van der Waals surface area (Å²) in [4.78, 5) is 13.2. The maximum atomic E-state index is 13.0. The van der Waals surface area contributed by atoms with Crippen molar-refractivity contribution in [1.82, 2.24) is 14.9 Å². The molecule has 0 aliphatic carbocycles. The summed E-state index contributed by atoms with van der Waals surface area (Å²) in [7, 11) is 0. The third-order valence-corrected chi connectivity index (χ3v) is 4.40. The first-order chi connectivity index (χ1) is 11.6. The van der Waals surface area contributed by atoms with Gasteiger partial charge in [0.15, 0.2) is 0 Å². The zero-order valence-electron chi connectivity index (χ0n) is 14.1. The third kappa shape index (κ3) is 4.41. The number of halogens is 1. The average Bonchev–Trinajstić information content (AvgIpc) is 2.79. The molecule has 5 nitrogen and oxygen atoms in total. The molecule has 2 N–H and O–H groups in total. The molecule has 1 aliphatic rings. The molecule has 1 fully saturated rings. The van der Waals surface area contributed by atoms with Crippen molar-refractivity contribution in [3.05, 3.63) is 47.4 Å². The van der Waals surface area contributed by atoms with Crippen molar-refractivity contribution in [3.63, 3.8) is 0 Å². The van der Waals surface area contributed by atoms with Crippen LogP contribution in [0.1, 0.15) is 17.7 Å². The van der Waals surface area contributed by atoms with Crippen molar-refractivity contribution < 1.29 is 4.39 Å². The van der Waals surface area contributed by atoms with Gasteiger partial charge in [0.1, 0.15) is 11.6 Å². The Morgan fingerprint density at radius 1 is 1.08 bits per heavy atom. The smallest absolute Gasteiger partial charge is 0.222 e. The number of nitrogens with zero attached hydrogens (tertiary/aromatic N) is 4. The summed E-state index contributed by atoms with van der Waals surface area (Å²) in [5.74, 6) is 1.08. The van der Waals surface area contributed by atoms with Crippen LogP contribution < -0.4 is 10.6 Å². The summed E-state index contributed by atoms with van der Waals surface area (Å²) in [6.07, 6.45) is 2.03. The van der Waals surface area contributed by atoms with E-state index in [0.29, 0.717) is 5.95 Å². The Bertz CT molecular complexity index is 653. The maximum absolute atomic E-state index is 13.0. The van der Waals surface area contributed by atoms with Gasteiger partial charge in [-0.1, -0.05) is 12.1 Å². The van der Waals surface area contributed by atoms with E-state index in [2.05, 4.69) is 19.8 Å².